The van der Waals surface area contributed by atoms with Crippen LogP contribution in [0.4, 0.5) is 30.2 Å². The molecule has 15 heteroatoms. The molecule has 3 aromatic rings. The largest absolute Gasteiger partial charge is 0.416 e. The van der Waals surface area contributed by atoms with Crippen LogP contribution >= 0.6 is 11.3 Å². The number of hydrogen-bond donors (Lipinski definition) is 1. The zero-order valence-corrected chi connectivity index (χ0v) is 17.8. The van der Waals surface area contributed by atoms with Crippen LogP contribution in [0.2, 0.25) is 0 Å². The van der Waals surface area contributed by atoms with Crippen molar-refractivity contribution in [1.29, 1.82) is 5.26 Å². The van der Waals surface area contributed by atoms with Gasteiger partial charge in [-0.1, -0.05) is 0 Å². The summed E-state index contributed by atoms with van der Waals surface area (Å²) in [5.41, 5.74) is -2.54. The maximum absolute atomic E-state index is 12.8. The molecule has 0 saturated heterocycles. The molecule has 1 atom stereocenters. The monoisotopic (exact) mass is 505 g/mol. The van der Waals surface area contributed by atoms with E-state index in [9.17, 15) is 48.3 Å². The predicted molar refractivity (Wildman–Crippen MR) is 114 cm³/mol. The fraction of sp³-hybridized carbons (Fsp3) is 0.100. The molecule has 1 N–H and O–H groups in total. The molecule has 0 aliphatic carbocycles. The number of halogens is 3. The third-order valence-electron chi connectivity index (χ3n) is 4.53. The first-order chi connectivity index (χ1) is 16.4. The molecule has 3 rings (SSSR count). The van der Waals surface area contributed by atoms with Crippen LogP contribution in [0.1, 0.15) is 16.5 Å². The number of nitrogens with one attached hydrogen (secondary N) is 1. The average Bonchev–Trinajstić information content (AvgIpc) is 3.28. The Morgan fingerprint density at radius 1 is 1.09 bits per heavy atom. The van der Waals surface area contributed by atoms with Crippen molar-refractivity contribution in [1.82, 2.24) is 4.98 Å². The number of Topliss-reactive ketones (excluding diaryl/α,β-unsaturated/α-hetero) is 1. The van der Waals surface area contributed by atoms with Gasteiger partial charge in [0, 0.05) is 29.1 Å². The van der Waals surface area contributed by atoms with Crippen molar-refractivity contribution < 1.29 is 32.6 Å². The average molecular weight is 505 g/mol. The van der Waals surface area contributed by atoms with Crippen molar-refractivity contribution in [3.63, 3.8) is 0 Å². The van der Waals surface area contributed by atoms with E-state index in [0.29, 0.717) is 17.7 Å². The van der Waals surface area contributed by atoms with Gasteiger partial charge in [0.1, 0.15) is 10.7 Å². The SMILES string of the molecule is N#C[C@H](C(=O)C(=O)Nc1ccc(C(F)(F)F)cc1[N+](=O)[O-])c1nc(-c2ccc([N+](=O)[O-])cc2)cs1. The number of ketones is 1. The van der Waals surface area contributed by atoms with Crippen molar-refractivity contribution in [2.75, 3.05) is 5.32 Å². The highest BCUT2D eigenvalue weighted by Crippen LogP contribution is 2.35. The Labute approximate surface area is 196 Å². The van der Waals surface area contributed by atoms with Gasteiger partial charge in [-0.15, -0.1) is 11.3 Å². The van der Waals surface area contributed by atoms with Gasteiger partial charge in [-0.05, 0) is 24.3 Å². The van der Waals surface area contributed by atoms with E-state index in [-0.39, 0.29) is 22.5 Å². The van der Waals surface area contributed by atoms with Crippen LogP contribution in [0.15, 0.2) is 47.8 Å². The first kappa shape index (κ1) is 24.9. The lowest BCUT2D eigenvalue weighted by molar-refractivity contribution is -0.384. The Morgan fingerprint density at radius 2 is 1.74 bits per heavy atom. The molecule has 1 amide bonds. The predicted octanol–water partition coefficient (Wildman–Crippen LogP) is 4.46. The number of nitriles is 1. The molecule has 0 fully saturated rings. The van der Waals surface area contributed by atoms with Crippen molar-refractivity contribution in [2.24, 2.45) is 0 Å². The molecular weight excluding hydrogens is 495 g/mol. The standard InChI is InChI=1S/C20H10F3N5O6S/c21-20(22,23)11-3-6-14(16(7-11)28(33)34)25-18(30)17(29)13(8-24)19-26-15(9-35-19)10-1-4-12(5-2-10)27(31)32/h1-7,9,13H,(H,25,30)/t13-/m1/s1. The third-order valence-corrected chi connectivity index (χ3v) is 5.44. The zero-order valence-electron chi connectivity index (χ0n) is 17.0. The van der Waals surface area contributed by atoms with Gasteiger partial charge in [0.05, 0.1) is 27.2 Å². The lowest BCUT2D eigenvalue weighted by Crippen LogP contribution is -2.28. The van der Waals surface area contributed by atoms with Crippen LogP contribution in [0, 0.1) is 31.6 Å². The first-order valence-corrected chi connectivity index (χ1v) is 10.1. The molecule has 2 aromatic carbocycles. The van der Waals surface area contributed by atoms with E-state index in [2.05, 4.69) is 4.98 Å². The third kappa shape index (κ3) is 5.45. The number of rotatable bonds is 7. The molecule has 0 bridgehead atoms. The summed E-state index contributed by atoms with van der Waals surface area (Å²) < 4.78 is 38.5. The number of nitro benzene ring substituents is 2. The normalized spacial score (nSPS) is 11.8. The van der Waals surface area contributed by atoms with Gasteiger partial charge in [0.25, 0.3) is 17.3 Å². The van der Waals surface area contributed by atoms with Crippen molar-refractivity contribution in [3.05, 3.63) is 78.6 Å². The van der Waals surface area contributed by atoms with E-state index >= 15 is 0 Å². The molecule has 1 aromatic heterocycles. The fourth-order valence-electron chi connectivity index (χ4n) is 2.81. The van der Waals surface area contributed by atoms with Gasteiger partial charge in [-0.25, -0.2) is 4.98 Å². The number of carbonyl (C=O) groups is 2. The minimum Gasteiger partial charge on any atom is -0.314 e. The number of nitro groups is 2. The summed E-state index contributed by atoms with van der Waals surface area (Å²) in [5.74, 6) is -4.52. The second-order valence-corrected chi connectivity index (χ2v) is 7.63. The minimum atomic E-state index is -4.87. The quantitative estimate of drug-likeness (QED) is 0.279. The number of benzene rings is 2. The van der Waals surface area contributed by atoms with Crippen LogP contribution in [-0.4, -0.2) is 26.5 Å². The van der Waals surface area contributed by atoms with E-state index in [1.807, 2.05) is 5.32 Å². The molecule has 0 saturated carbocycles. The summed E-state index contributed by atoms with van der Waals surface area (Å²) >= 11 is 0.851. The van der Waals surface area contributed by atoms with Crippen molar-refractivity contribution in [3.8, 4) is 17.3 Å². The topological polar surface area (TPSA) is 169 Å². The number of alkyl halides is 3. The molecule has 0 aliphatic rings. The van der Waals surface area contributed by atoms with E-state index in [0.717, 1.165) is 11.3 Å². The Morgan fingerprint density at radius 3 is 2.29 bits per heavy atom. The first-order valence-electron chi connectivity index (χ1n) is 9.23. The van der Waals surface area contributed by atoms with Crippen molar-refractivity contribution >= 4 is 40.1 Å². The van der Waals surface area contributed by atoms with Crippen LogP contribution < -0.4 is 5.32 Å². The van der Waals surface area contributed by atoms with Crippen LogP contribution in [0.3, 0.4) is 0 Å². The van der Waals surface area contributed by atoms with Gasteiger partial charge in [-0.3, -0.25) is 29.8 Å². The molecule has 0 unspecified atom stereocenters. The lowest BCUT2D eigenvalue weighted by atomic mass is 10.1. The molecule has 35 heavy (non-hydrogen) atoms. The highest BCUT2D eigenvalue weighted by Gasteiger charge is 2.35. The van der Waals surface area contributed by atoms with Crippen LogP contribution in [0.25, 0.3) is 11.3 Å². The van der Waals surface area contributed by atoms with E-state index < -0.39 is 50.6 Å². The summed E-state index contributed by atoms with van der Waals surface area (Å²) in [5, 5.41) is 34.6. The van der Waals surface area contributed by atoms with Crippen LogP contribution in [-0.2, 0) is 15.8 Å². The summed E-state index contributed by atoms with van der Waals surface area (Å²) in [6, 6.07) is 8.19. The van der Waals surface area contributed by atoms with Gasteiger partial charge < -0.3 is 5.32 Å². The van der Waals surface area contributed by atoms with E-state index in [4.69, 9.17) is 0 Å². The van der Waals surface area contributed by atoms with E-state index in [1.54, 1.807) is 6.07 Å². The summed E-state index contributed by atoms with van der Waals surface area (Å²) in [4.78, 5) is 49.2. The lowest BCUT2D eigenvalue weighted by Gasteiger charge is -2.10. The van der Waals surface area contributed by atoms with E-state index in [1.165, 1.54) is 29.6 Å². The summed E-state index contributed by atoms with van der Waals surface area (Å²) in [6.07, 6.45) is -4.87. The minimum absolute atomic E-state index is 0.0945. The molecule has 11 nitrogen and oxygen atoms in total. The Hall–Kier alpha value is -4.71. The smallest absolute Gasteiger partial charge is 0.314 e. The molecule has 0 radical (unpaired) electrons. The highest BCUT2D eigenvalue weighted by atomic mass is 32.1. The second-order valence-electron chi connectivity index (χ2n) is 6.74. The number of hydrogen-bond acceptors (Lipinski definition) is 9. The number of nitrogens with zero attached hydrogens (tertiary/aromatic N) is 4. The second kappa shape index (κ2) is 9.65. The number of aromatic nitrogens is 1. The van der Waals surface area contributed by atoms with Gasteiger partial charge >= 0.3 is 6.18 Å². The van der Waals surface area contributed by atoms with Gasteiger partial charge in [-0.2, -0.15) is 18.4 Å². The zero-order chi connectivity index (χ0) is 25.9. The number of carbonyl (C=O) groups excluding carboxylic acids is 2. The maximum Gasteiger partial charge on any atom is 0.416 e. The fourth-order valence-corrected chi connectivity index (χ4v) is 3.68. The summed E-state index contributed by atoms with van der Waals surface area (Å²) in [6.45, 7) is 0. The number of anilines is 1. The Kier molecular flexibility index (Phi) is 6.87. The Balaban J connectivity index is 1.82. The molecule has 0 spiro atoms. The highest BCUT2D eigenvalue weighted by molar-refractivity contribution is 7.10. The molecular formula is C20H10F3N5O6S. The van der Waals surface area contributed by atoms with Crippen molar-refractivity contribution in [2.45, 2.75) is 12.1 Å². The van der Waals surface area contributed by atoms with Crippen LogP contribution in [0.5, 0.6) is 0 Å². The number of non-ortho nitro benzene ring substituents is 1. The molecule has 0 aliphatic heterocycles. The molecule has 178 valence electrons. The maximum atomic E-state index is 12.8. The Bertz CT molecular complexity index is 1380. The molecule has 1 heterocycles. The van der Waals surface area contributed by atoms with Gasteiger partial charge in [0.2, 0.25) is 5.78 Å². The van der Waals surface area contributed by atoms with Gasteiger partial charge in [0.15, 0.2) is 5.92 Å². The summed E-state index contributed by atoms with van der Waals surface area (Å²) in [7, 11) is 0. The number of amides is 1. The number of thiazole rings is 1.